The van der Waals surface area contributed by atoms with Crippen LogP contribution in [0, 0.1) is 13.8 Å². The summed E-state index contributed by atoms with van der Waals surface area (Å²) in [6.07, 6.45) is 0.0402. The van der Waals surface area contributed by atoms with Crippen LogP contribution in [0.15, 0.2) is 24.3 Å². The highest BCUT2D eigenvalue weighted by Crippen LogP contribution is 2.18. The molecule has 2 aromatic rings. The molecule has 0 aliphatic heterocycles. The molecule has 0 saturated heterocycles. The summed E-state index contributed by atoms with van der Waals surface area (Å²) in [4.78, 5) is 12.1. The fraction of sp³-hybridized carbons (Fsp3) is 0.357. The fourth-order valence-electron chi connectivity index (χ4n) is 1.71. The number of nitrogens with zero attached hydrogens (tertiary/aromatic N) is 2. The second kappa shape index (κ2) is 6.47. The first-order chi connectivity index (χ1) is 9.58. The topological polar surface area (TPSA) is 64.1 Å². The fourth-order valence-corrected chi connectivity index (χ4v) is 2.30. The Morgan fingerprint density at radius 1 is 1.40 bits per heavy atom. The highest BCUT2D eigenvalue weighted by Gasteiger charge is 2.19. The summed E-state index contributed by atoms with van der Waals surface area (Å²) in [6, 6.07) is 7.64. The van der Waals surface area contributed by atoms with E-state index in [4.69, 9.17) is 4.74 Å². The second-order valence-corrected chi connectivity index (χ2v) is 5.63. The van der Waals surface area contributed by atoms with Crippen LogP contribution < -0.4 is 10.1 Å². The quantitative estimate of drug-likeness (QED) is 0.920. The molecule has 1 N–H and O–H groups in total. The highest BCUT2D eigenvalue weighted by molar-refractivity contribution is 7.15. The molecule has 20 heavy (non-hydrogen) atoms. The van der Waals surface area contributed by atoms with Gasteiger partial charge in [-0.25, -0.2) is 0 Å². The van der Waals surface area contributed by atoms with E-state index in [1.807, 2.05) is 45.0 Å². The van der Waals surface area contributed by atoms with Crippen molar-refractivity contribution < 1.29 is 9.53 Å². The summed E-state index contributed by atoms with van der Waals surface area (Å²) < 4.78 is 5.73. The maximum Gasteiger partial charge on any atom is 0.267 e. The summed E-state index contributed by atoms with van der Waals surface area (Å²) in [7, 11) is 0. The number of hydrogen-bond acceptors (Lipinski definition) is 5. The summed E-state index contributed by atoms with van der Waals surface area (Å²) in [6.45, 7) is 5.73. The van der Waals surface area contributed by atoms with Gasteiger partial charge in [0, 0.05) is 0 Å². The number of benzene rings is 1. The molecular weight excluding hydrogens is 274 g/mol. The molecule has 1 heterocycles. The van der Waals surface area contributed by atoms with Gasteiger partial charge in [-0.1, -0.05) is 30.4 Å². The SMILES string of the molecule is CC[C@H](Oc1cccc(C)c1)C(=O)Nc1nnc(C)s1. The van der Waals surface area contributed by atoms with Crippen molar-refractivity contribution in [2.24, 2.45) is 0 Å². The summed E-state index contributed by atoms with van der Waals surface area (Å²) in [5, 5.41) is 11.8. The van der Waals surface area contributed by atoms with E-state index in [1.165, 1.54) is 11.3 Å². The van der Waals surface area contributed by atoms with Gasteiger partial charge >= 0.3 is 0 Å². The number of nitrogens with one attached hydrogen (secondary N) is 1. The van der Waals surface area contributed by atoms with Gasteiger partial charge in [-0.05, 0) is 38.0 Å². The molecule has 5 nitrogen and oxygen atoms in total. The van der Waals surface area contributed by atoms with Gasteiger partial charge in [-0.2, -0.15) is 0 Å². The predicted octanol–water partition coefficient (Wildman–Crippen LogP) is 2.95. The molecule has 6 heteroatoms. The van der Waals surface area contributed by atoms with Gasteiger partial charge in [0.2, 0.25) is 5.13 Å². The van der Waals surface area contributed by atoms with Gasteiger partial charge in [0.15, 0.2) is 6.10 Å². The normalized spacial score (nSPS) is 11.9. The van der Waals surface area contributed by atoms with Crippen molar-refractivity contribution in [3.05, 3.63) is 34.8 Å². The van der Waals surface area contributed by atoms with Crippen LogP contribution in [0.5, 0.6) is 5.75 Å². The summed E-state index contributed by atoms with van der Waals surface area (Å²) >= 11 is 1.34. The van der Waals surface area contributed by atoms with E-state index >= 15 is 0 Å². The zero-order valence-electron chi connectivity index (χ0n) is 11.7. The molecule has 1 aromatic carbocycles. The molecule has 0 fully saturated rings. The van der Waals surface area contributed by atoms with Crippen molar-refractivity contribution >= 4 is 22.4 Å². The van der Waals surface area contributed by atoms with Crippen LogP contribution in [-0.4, -0.2) is 22.2 Å². The molecule has 1 atom stereocenters. The summed E-state index contributed by atoms with van der Waals surface area (Å²) in [5.74, 6) is 0.491. The number of anilines is 1. The Labute approximate surface area is 122 Å². The number of rotatable bonds is 5. The van der Waals surface area contributed by atoms with Gasteiger partial charge in [0.1, 0.15) is 10.8 Å². The van der Waals surface area contributed by atoms with Gasteiger partial charge < -0.3 is 4.74 Å². The van der Waals surface area contributed by atoms with E-state index in [1.54, 1.807) is 0 Å². The van der Waals surface area contributed by atoms with Crippen molar-refractivity contribution in [2.75, 3.05) is 5.32 Å². The van der Waals surface area contributed by atoms with Gasteiger partial charge in [0.25, 0.3) is 5.91 Å². The largest absolute Gasteiger partial charge is 0.481 e. The van der Waals surface area contributed by atoms with E-state index in [9.17, 15) is 4.79 Å². The first-order valence-electron chi connectivity index (χ1n) is 6.42. The average molecular weight is 291 g/mol. The Hall–Kier alpha value is -1.95. The zero-order chi connectivity index (χ0) is 14.5. The van der Waals surface area contributed by atoms with E-state index in [0.29, 0.717) is 17.3 Å². The smallest absolute Gasteiger partial charge is 0.267 e. The molecular formula is C14H17N3O2S. The Bertz CT molecular complexity index is 598. The van der Waals surface area contributed by atoms with Crippen LogP contribution in [0.3, 0.4) is 0 Å². The van der Waals surface area contributed by atoms with Crippen LogP contribution in [0.4, 0.5) is 5.13 Å². The molecule has 0 radical (unpaired) electrons. The second-order valence-electron chi connectivity index (χ2n) is 4.45. The van der Waals surface area contributed by atoms with Crippen molar-refractivity contribution in [3.8, 4) is 5.75 Å². The number of ether oxygens (including phenoxy) is 1. The summed E-state index contributed by atoms with van der Waals surface area (Å²) in [5.41, 5.74) is 1.09. The van der Waals surface area contributed by atoms with E-state index in [0.717, 1.165) is 10.6 Å². The van der Waals surface area contributed by atoms with Crippen molar-refractivity contribution in [1.29, 1.82) is 0 Å². The van der Waals surface area contributed by atoms with E-state index in [2.05, 4.69) is 15.5 Å². The Morgan fingerprint density at radius 2 is 2.20 bits per heavy atom. The van der Waals surface area contributed by atoms with Crippen LogP contribution in [0.2, 0.25) is 0 Å². The molecule has 0 aliphatic carbocycles. The van der Waals surface area contributed by atoms with Gasteiger partial charge in [0.05, 0.1) is 0 Å². The molecule has 0 saturated carbocycles. The zero-order valence-corrected chi connectivity index (χ0v) is 12.5. The minimum Gasteiger partial charge on any atom is -0.481 e. The van der Waals surface area contributed by atoms with Gasteiger partial charge in [-0.15, -0.1) is 10.2 Å². The minimum absolute atomic E-state index is 0.204. The lowest BCUT2D eigenvalue weighted by Crippen LogP contribution is -2.32. The standard InChI is InChI=1S/C14H17N3O2S/c1-4-12(19-11-7-5-6-9(2)8-11)13(18)15-14-17-16-10(3)20-14/h5-8,12H,4H2,1-3H3,(H,15,17,18)/t12-/m0/s1. The van der Waals surface area contributed by atoms with Crippen LogP contribution in [0.25, 0.3) is 0 Å². The maximum atomic E-state index is 12.1. The predicted molar refractivity (Wildman–Crippen MR) is 79.2 cm³/mol. The van der Waals surface area contributed by atoms with E-state index in [-0.39, 0.29) is 5.91 Å². The molecule has 1 aromatic heterocycles. The molecule has 1 amide bonds. The number of aryl methyl sites for hydroxylation is 2. The third kappa shape index (κ3) is 3.77. The molecule has 0 aliphatic rings. The van der Waals surface area contributed by atoms with Crippen molar-refractivity contribution in [2.45, 2.75) is 33.3 Å². The average Bonchev–Trinajstić information content (AvgIpc) is 2.81. The maximum absolute atomic E-state index is 12.1. The van der Waals surface area contributed by atoms with Crippen LogP contribution in [0.1, 0.15) is 23.9 Å². The number of carbonyl (C=O) groups excluding carboxylic acids is 1. The third-order valence-electron chi connectivity index (χ3n) is 2.69. The van der Waals surface area contributed by atoms with E-state index < -0.39 is 6.10 Å². The lowest BCUT2D eigenvalue weighted by Gasteiger charge is -2.16. The number of amides is 1. The molecule has 0 unspecified atom stereocenters. The monoisotopic (exact) mass is 291 g/mol. The third-order valence-corrected chi connectivity index (χ3v) is 3.44. The van der Waals surface area contributed by atoms with Crippen molar-refractivity contribution in [3.63, 3.8) is 0 Å². The molecule has 106 valence electrons. The number of carbonyl (C=O) groups is 1. The number of aromatic nitrogens is 2. The molecule has 2 rings (SSSR count). The Morgan fingerprint density at radius 3 is 2.80 bits per heavy atom. The van der Waals surface area contributed by atoms with Gasteiger partial charge in [-0.3, -0.25) is 10.1 Å². The van der Waals surface area contributed by atoms with Crippen LogP contribution >= 0.6 is 11.3 Å². The highest BCUT2D eigenvalue weighted by atomic mass is 32.1. The lowest BCUT2D eigenvalue weighted by atomic mass is 10.2. The molecule has 0 bridgehead atoms. The van der Waals surface area contributed by atoms with Crippen molar-refractivity contribution in [1.82, 2.24) is 10.2 Å². The lowest BCUT2D eigenvalue weighted by molar-refractivity contribution is -0.122. The molecule has 0 spiro atoms. The Kier molecular flexibility index (Phi) is 4.68. The first kappa shape index (κ1) is 14.5. The van der Waals surface area contributed by atoms with Crippen LogP contribution in [-0.2, 0) is 4.79 Å². The number of hydrogen-bond donors (Lipinski definition) is 1. The minimum atomic E-state index is -0.541. The Balaban J connectivity index is 2.02. The first-order valence-corrected chi connectivity index (χ1v) is 7.24.